The first-order valence-electron chi connectivity index (χ1n) is 9.25. The molecule has 1 unspecified atom stereocenters. The van der Waals surface area contributed by atoms with Crippen molar-refractivity contribution in [3.05, 3.63) is 65.7 Å². The molecule has 1 heterocycles. The number of Topliss-reactive ketones (excluding diaryl/α,β-unsaturated/α-hetero) is 1. The van der Waals surface area contributed by atoms with Crippen LogP contribution in [0, 0.1) is 12.8 Å². The minimum absolute atomic E-state index is 0.00156. The molecule has 3 rings (SSSR count). The number of anilines is 1. The van der Waals surface area contributed by atoms with Gasteiger partial charge in [0.05, 0.1) is 6.04 Å². The number of carbonyl (C=O) groups excluding carboxylic acids is 2. The Morgan fingerprint density at radius 1 is 1.00 bits per heavy atom. The number of hydrogen-bond donors (Lipinski definition) is 1. The fourth-order valence-electron chi connectivity index (χ4n) is 3.44. The Bertz CT molecular complexity index is 747. The zero-order valence-corrected chi connectivity index (χ0v) is 15.4. The molecule has 1 saturated heterocycles. The van der Waals surface area contributed by atoms with Gasteiger partial charge in [0.25, 0.3) is 0 Å². The number of piperidine rings is 1. The molecule has 0 radical (unpaired) electrons. The lowest BCUT2D eigenvalue weighted by atomic mass is 9.88. The van der Waals surface area contributed by atoms with Gasteiger partial charge in [-0.2, -0.15) is 0 Å². The van der Waals surface area contributed by atoms with Gasteiger partial charge in [-0.15, -0.1) is 0 Å². The van der Waals surface area contributed by atoms with Crippen LogP contribution in [0.1, 0.15) is 35.7 Å². The molecular formula is C22H26N2O2. The Morgan fingerprint density at radius 2 is 1.62 bits per heavy atom. The van der Waals surface area contributed by atoms with Crippen LogP contribution in [0.15, 0.2) is 54.6 Å². The average molecular weight is 350 g/mol. The molecule has 26 heavy (non-hydrogen) atoms. The molecule has 1 aliphatic rings. The summed E-state index contributed by atoms with van der Waals surface area (Å²) in [4.78, 5) is 27.3. The molecule has 2 aromatic rings. The van der Waals surface area contributed by atoms with E-state index in [0.717, 1.165) is 37.2 Å². The van der Waals surface area contributed by atoms with Gasteiger partial charge in [-0.1, -0.05) is 48.0 Å². The van der Waals surface area contributed by atoms with E-state index in [-0.39, 0.29) is 23.7 Å². The maximum atomic E-state index is 12.6. The minimum Gasteiger partial charge on any atom is -0.325 e. The number of benzene rings is 2. The molecule has 0 bridgehead atoms. The van der Waals surface area contributed by atoms with Gasteiger partial charge in [0.1, 0.15) is 0 Å². The molecule has 1 amide bonds. The lowest BCUT2D eigenvalue weighted by Gasteiger charge is -2.34. The quantitative estimate of drug-likeness (QED) is 0.832. The summed E-state index contributed by atoms with van der Waals surface area (Å²) in [6, 6.07) is 17.1. The molecule has 0 spiro atoms. The number of nitrogens with one attached hydrogen (secondary N) is 1. The molecule has 136 valence electrons. The topological polar surface area (TPSA) is 49.4 Å². The lowest BCUT2D eigenvalue weighted by molar-refractivity contribution is -0.121. The van der Waals surface area contributed by atoms with Gasteiger partial charge in [-0.05, 0) is 51.9 Å². The summed E-state index contributed by atoms with van der Waals surface area (Å²) >= 11 is 0. The highest BCUT2D eigenvalue weighted by atomic mass is 16.2. The number of rotatable bonds is 5. The number of amides is 1. The van der Waals surface area contributed by atoms with Crippen molar-refractivity contribution in [1.82, 2.24) is 4.90 Å². The first-order valence-corrected chi connectivity index (χ1v) is 9.25. The molecule has 4 nitrogen and oxygen atoms in total. The van der Waals surface area contributed by atoms with Crippen molar-refractivity contribution < 1.29 is 9.59 Å². The second kappa shape index (κ2) is 8.28. The Balaban J connectivity index is 1.53. The number of likely N-dealkylation sites (tertiary alicyclic amines) is 1. The minimum atomic E-state index is -0.205. The van der Waals surface area contributed by atoms with Crippen molar-refractivity contribution >= 4 is 17.4 Å². The van der Waals surface area contributed by atoms with Crippen molar-refractivity contribution in [2.75, 3.05) is 18.4 Å². The molecule has 0 aliphatic carbocycles. The second-order valence-electron chi connectivity index (χ2n) is 7.07. The third kappa shape index (κ3) is 4.38. The van der Waals surface area contributed by atoms with Crippen LogP contribution in [0.25, 0.3) is 0 Å². The normalized spacial score (nSPS) is 16.8. The van der Waals surface area contributed by atoms with Crippen LogP contribution in [-0.4, -0.2) is 35.7 Å². The first-order chi connectivity index (χ1) is 12.5. The van der Waals surface area contributed by atoms with Crippen LogP contribution >= 0.6 is 0 Å². The molecule has 1 N–H and O–H groups in total. The molecule has 1 aliphatic heterocycles. The maximum Gasteiger partial charge on any atom is 0.241 e. The van der Waals surface area contributed by atoms with Crippen LogP contribution in [0.2, 0.25) is 0 Å². The Hall–Kier alpha value is -2.46. The van der Waals surface area contributed by atoms with Gasteiger partial charge in [0.2, 0.25) is 5.91 Å². The summed E-state index contributed by atoms with van der Waals surface area (Å²) in [5, 5.41) is 2.98. The smallest absolute Gasteiger partial charge is 0.241 e. The molecule has 1 fully saturated rings. The average Bonchev–Trinajstić information content (AvgIpc) is 2.69. The summed E-state index contributed by atoms with van der Waals surface area (Å²) < 4.78 is 0. The summed E-state index contributed by atoms with van der Waals surface area (Å²) in [5.74, 6) is 0.282. The predicted molar refractivity (Wildman–Crippen MR) is 104 cm³/mol. The molecule has 4 heteroatoms. The van der Waals surface area contributed by atoms with E-state index in [9.17, 15) is 9.59 Å². The van der Waals surface area contributed by atoms with Crippen LogP contribution in [-0.2, 0) is 4.79 Å². The van der Waals surface area contributed by atoms with E-state index in [2.05, 4.69) is 10.2 Å². The standard InChI is InChI=1S/C22H26N2O2/c1-16-8-10-20(11-9-16)23-22(26)17(2)24-14-12-19(13-15-24)21(25)18-6-4-3-5-7-18/h3-11,17,19H,12-15H2,1-2H3,(H,23,26). The van der Waals surface area contributed by atoms with Crippen LogP contribution in [0.5, 0.6) is 0 Å². The number of aryl methyl sites for hydroxylation is 1. The highest BCUT2D eigenvalue weighted by molar-refractivity contribution is 5.98. The van der Waals surface area contributed by atoms with Crippen molar-refractivity contribution in [2.24, 2.45) is 5.92 Å². The van der Waals surface area contributed by atoms with E-state index in [1.165, 1.54) is 5.56 Å². The molecule has 2 aromatic carbocycles. The predicted octanol–water partition coefficient (Wildman–Crippen LogP) is 3.92. The van der Waals surface area contributed by atoms with Crippen LogP contribution < -0.4 is 5.32 Å². The molecule has 0 saturated carbocycles. The Morgan fingerprint density at radius 3 is 2.23 bits per heavy atom. The van der Waals surface area contributed by atoms with E-state index < -0.39 is 0 Å². The van der Waals surface area contributed by atoms with Gasteiger partial charge in [0.15, 0.2) is 5.78 Å². The highest BCUT2D eigenvalue weighted by Crippen LogP contribution is 2.23. The van der Waals surface area contributed by atoms with Crippen LogP contribution in [0.4, 0.5) is 5.69 Å². The van der Waals surface area contributed by atoms with E-state index >= 15 is 0 Å². The van der Waals surface area contributed by atoms with E-state index in [1.54, 1.807) is 0 Å². The first kappa shape index (κ1) is 18.3. The Kier molecular flexibility index (Phi) is 5.84. The molecular weight excluding hydrogens is 324 g/mol. The van der Waals surface area contributed by atoms with E-state index in [0.29, 0.717) is 0 Å². The number of hydrogen-bond acceptors (Lipinski definition) is 3. The van der Waals surface area contributed by atoms with Gasteiger partial charge in [0, 0.05) is 17.2 Å². The fraction of sp³-hybridized carbons (Fsp3) is 0.364. The zero-order chi connectivity index (χ0) is 18.5. The summed E-state index contributed by atoms with van der Waals surface area (Å²) in [5.41, 5.74) is 2.78. The monoisotopic (exact) mass is 350 g/mol. The summed E-state index contributed by atoms with van der Waals surface area (Å²) in [6.07, 6.45) is 1.60. The molecule has 0 aromatic heterocycles. The van der Waals surface area contributed by atoms with Crippen molar-refractivity contribution in [2.45, 2.75) is 32.7 Å². The largest absolute Gasteiger partial charge is 0.325 e. The van der Waals surface area contributed by atoms with Crippen molar-refractivity contribution in [1.29, 1.82) is 0 Å². The van der Waals surface area contributed by atoms with E-state index in [1.807, 2.05) is 68.4 Å². The highest BCUT2D eigenvalue weighted by Gasteiger charge is 2.30. The van der Waals surface area contributed by atoms with Crippen LogP contribution in [0.3, 0.4) is 0 Å². The fourth-order valence-corrected chi connectivity index (χ4v) is 3.44. The summed E-state index contributed by atoms with van der Waals surface area (Å²) in [6.45, 7) is 5.50. The van der Waals surface area contributed by atoms with Gasteiger partial charge < -0.3 is 5.32 Å². The van der Waals surface area contributed by atoms with Crippen molar-refractivity contribution in [3.8, 4) is 0 Å². The van der Waals surface area contributed by atoms with Gasteiger partial charge >= 0.3 is 0 Å². The number of ketones is 1. The Labute approximate surface area is 155 Å². The third-order valence-corrected chi connectivity index (χ3v) is 5.20. The van der Waals surface area contributed by atoms with Crippen molar-refractivity contribution in [3.63, 3.8) is 0 Å². The second-order valence-corrected chi connectivity index (χ2v) is 7.07. The number of carbonyl (C=O) groups is 2. The SMILES string of the molecule is Cc1ccc(NC(=O)C(C)N2CCC(C(=O)c3ccccc3)CC2)cc1. The third-order valence-electron chi connectivity index (χ3n) is 5.20. The zero-order valence-electron chi connectivity index (χ0n) is 15.4. The summed E-state index contributed by atoms with van der Waals surface area (Å²) in [7, 11) is 0. The molecule has 1 atom stereocenters. The van der Waals surface area contributed by atoms with E-state index in [4.69, 9.17) is 0 Å². The van der Waals surface area contributed by atoms with Gasteiger partial charge in [-0.25, -0.2) is 0 Å². The lowest BCUT2D eigenvalue weighted by Crippen LogP contribution is -2.47. The maximum absolute atomic E-state index is 12.6. The van der Waals surface area contributed by atoms with Gasteiger partial charge in [-0.3, -0.25) is 14.5 Å². The number of nitrogens with zero attached hydrogens (tertiary/aromatic N) is 1.